The number of fused-ring (bicyclic) bond motifs is 1. The number of aryl methyl sites for hydroxylation is 2. The zero-order valence-electron chi connectivity index (χ0n) is 9.67. The standard InChI is InChI=1S/C12H13NO3S/c1-3-13-11(17(14,15)16)8-7-10-6-4-5-9(2)12(10)13/h4-8H,3H2,1-2H3. The van der Waals surface area contributed by atoms with Crippen molar-refractivity contribution in [1.29, 1.82) is 0 Å². The molecule has 0 aliphatic heterocycles. The predicted molar refractivity (Wildman–Crippen MR) is 62.5 cm³/mol. The number of hydrogen-bond donors (Lipinski definition) is 0. The van der Waals surface area contributed by atoms with Gasteiger partial charge in [-0.2, -0.15) is 4.57 Å². The normalized spacial score (nSPS) is 11.9. The van der Waals surface area contributed by atoms with Crippen LogP contribution in [0.1, 0.15) is 12.5 Å². The van der Waals surface area contributed by atoms with Crippen molar-refractivity contribution in [2.75, 3.05) is 0 Å². The fourth-order valence-electron chi connectivity index (χ4n) is 2.08. The van der Waals surface area contributed by atoms with Crippen LogP contribution in [0.2, 0.25) is 0 Å². The highest BCUT2D eigenvalue weighted by atomic mass is 32.2. The van der Waals surface area contributed by atoms with E-state index in [4.69, 9.17) is 0 Å². The summed E-state index contributed by atoms with van der Waals surface area (Å²) in [6.07, 6.45) is 0. The molecule has 0 aliphatic rings. The predicted octanol–water partition coefficient (Wildman–Crippen LogP) is 1.36. The summed E-state index contributed by atoms with van der Waals surface area (Å²) >= 11 is 0. The Labute approximate surface area is 100 Å². The molecule has 0 radical (unpaired) electrons. The average molecular weight is 251 g/mol. The van der Waals surface area contributed by atoms with Gasteiger partial charge in [0.05, 0.1) is 0 Å². The van der Waals surface area contributed by atoms with Gasteiger partial charge >= 0.3 is 0 Å². The van der Waals surface area contributed by atoms with Crippen LogP contribution in [0.15, 0.2) is 35.4 Å². The van der Waals surface area contributed by atoms with Crippen LogP contribution in [-0.4, -0.2) is 13.0 Å². The lowest BCUT2D eigenvalue weighted by Crippen LogP contribution is -2.40. The maximum atomic E-state index is 11.2. The second-order valence-electron chi connectivity index (χ2n) is 3.88. The molecule has 0 bridgehead atoms. The van der Waals surface area contributed by atoms with Crippen LogP contribution >= 0.6 is 0 Å². The van der Waals surface area contributed by atoms with E-state index >= 15 is 0 Å². The van der Waals surface area contributed by atoms with E-state index in [2.05, 4.69) is 0 Å². The van der Waals surface area contributed by atoms with E-state index in [0.717, 1.165) is 16.5 Å². The second-order valence-corrected chi connectivity index (χ2v) is 5.21. The van der Waals surface area contributed by atoms with Gasteiger partial charge in [0.2, 0.25) is 5.52 Å². The van der Waals surface area contributed by atoms with Crippen molar-refractivity contribution >= 4 is 21.0 Å². The molecule has 1 aromatic carbocycles. The number of para-hydroxylation sites is 1. The first-order chi connectivity index (χ1) is 7.95. The summed E-state index contributed by atoms with van der Waals surface area (Å²) in [7, 11) is -4.44. The van der Waals surface area contributed by atoms with Crippen LogP contribution in [0.5, 0.6) is 0 Å². The Balaban J connectivity index is 2.96. The summed E-state index contributed by atoms with van der Waals surface area (Å²) in [6, 6.07) is 8.74. The Morgan fingerprint density at radius 1 is 1.24 bits per heavy atom. The van der Waals surface area contributed by atoms with Gasteiger partial charge in [0.25, 0.3) is 5.03 Å². The Kier molecular flexibility index (Phi) is 2.89. The molecule has 90 valence electrons. The van der Waals surface area contributed by atoms with Gasteiger partial charge in [-0.1, -0.05) is 12.1 Å². The molecule has 0 spiro atoms. The van der Waals surface area contributed by atoms with Gasteiger partial charge < -0.3 is 4.55 Å². The lowest BCUT2D eigenvalue weighted by molar-refractivity contribution is -0.706. The van der Waals surface area contributed by atoms with Crippen molar-refractivity contribution in [2.24, 2.45) is 0 Å². The summed E-state index contributed by atoms with van der Waals surface area (Å²) in [6.45, 7) is 4.16. The van der Waals surface area contributed by atoms with Gasteiger partial charge in [0.15, 0.2) is 10.1 Å². The van der Waals surface area contributed by atoms with Gasteiger partial charge in [-0.25, -0.2) is 8.42 Å². The van der Waals surface area contributed by atoms with E-state index < -0.39 is 10.1 Å². The second kappa shape index (κ2) is 4.09. The van der Waals surface area contributed by atoms with E-state index in [1.807, 2.05) is 32.0 Å². The molecule has 1 aromatic heterocycles. The lowest BCUT2D eigenvalue weighted by Gasteiger charge is -2.09. The molecular weight excluding hydrogens is 238 g/mol. The lowest BCUT2D eigenvalue weighted by atomic mass is 10.1. The van der Waals surface area contributed by atoms with Gasteiger partial charge in [0, 0.05) is 17.0 Å². The molecule has 0 fully saturated rings. The maximum Gasteiger partial charge on any atom is 0.285 e. The third-order valence-electron chi connectivity index (χ3n) is 2.78. The molecule has 0 unspecified atom stereocenters. The zero-order valence-corrected chi connectivity index (χ0v) is 10.5. The topological polar surface area (TPSA) is 61.1 Å². The fraction of sp³-hybridized carbons (Fsp3) is 0.250. The number of hydrogen-bond acceptors (Lipinski definition) is 3. The quantitative estimate of drug-likeness (QED) is 0.598. The van der Waals surface area contributed by atoms with Crippen molar-refractivity contribution in [1.82, 2.24) is 0 Å². The number of pyridine rings is 1. The van der Waals surface area contributed by atoms with Crippen LogP contribution in [0, 0.1) is 6.92 Å². The molecule has 2 aromatic rings. The van der Waals surface area contributed by atoms with E-state index in [0.29, 0.717) is 6.54 Å². The average Bonchev–Trinajstić information content (AvgIpc) is 2.26. The highest BCUT2D eigenvalue weighted by Gasteiger charge is 2.20. The van der Waals surface area contributed by atoms with Crippen LogP contribution in [-0.2, 0) is 16.7 Å². The van der Waals surface area contributed by atoms with E-state index in [9.17, 15) is 13.0 Å². The zero-order chi connectivity index (χ0) is 12.6. The number of benzene rings is 1. The summed E-state index contributed by atoms with van der Waals surface area (Å²) in [5.74, 6) is 0. The molecule has 0 N–H and O–H groups in total. The summed E-state index contributed by atoms with van der Waals surface area (Å²) in [4.78, 5) is 0. The number of nitrogens with zero attached hydrogens (tertiary/aromatic N) is 1. The third kappa shape index (κ3) is 2.03. The molecule has 0 amide bonds. The number of aromatic nitrogens is 1. The molecule has 0 atom stereocenters. The molecule has 17 heavy (non-hydrogen) atoms. The first kappa shape index (κ1) is 12.0. The first-order valence-electron chi connectivity index (χ1n) is 5.33. The third-order valence-corrected chi connectivity index (χ3v) is 3.65. The molecule has 1 heterocycles. The van der Waals surface area contributed by atoms with Crippen LogP contribution in [0.25, 0.3) is 10.9 Å². The maximum absolute atomic E-state index is 11.2. The Morgan fingerprint density at radius 3 is 2.53 bits per heavy atom. The summed E-state index contributed by atoms with van der Waals surface area (Å²) < 4.78 is 35.1. The minimum absolute atomic E-state index is 0.179. The molecule has 4 nitrogen and oxygen atoms in total. The highest BCUT2D eigenvalue weighted by Crippen LogP contribution is 2.17. The van der Waals surface area contributed by atoms with Crippen molar-refractivity contribution in [2.45, 2.75) is 25.4 Å². The van der Waals surface area contributed by atoms with Gasteiger partial charge in [-0.05, 0) is 26.0 Å². The minimum atomic E-state index is -4.44. The smallest absolute Gasteiger partial charge is 0.285 e. The SMILES string of the molecule is CC[n+]1c(S(=O)(=O)[O-])ccc2cccc(C)c21. The van der Waals surface area contributed by atoms with Crippen molar-refractivity contribution in [3.63, 3.8) is 0 Å². The van der Waals surface area contributed by atoms with Crippen molar-refractivity contribution in [3.05, 3.63) is 35.9 Å². The number of rotatable bonds is 2. The Morgan fingerprint density at radius 2 is 1.94 bits per heavy atom. The highest BCUT2D eigenvalue weighted by molar-refractivity contribution is 7.85. The molecule has 0 saturated carbocycles. The molecular formula is C12H13NO3S. The van der Waals surface area contributed by atoms with Crippen LogP contribution in [0.4, 0.5) is 0 Å². The molecule has 0 saturated heterocycles. The Bertz CT molecular complexity index is 677. The van der Waals surface area contributed by atoms with Gasteiger partial charge in [0.1, 0.15) is 6.54 Å². The van der Waals surface area contributed by atoms with Crippen molar-refractivity contribution in [3.8, 4) is 0 Å². The van der Waals surface area contributed by atoms with E-state index in [-0.39, 0.29) is 5.03 Å². The van der Waals surface area contributed by atoms with Crippen LogP contribution in [0.3, 0.4) is 0 Å². The van der Waals surface area contributed by atoms with Crippen LogP contribution < -0.4 is 4.57 Å². The molecule has 5 heteroatoms. The first-order valence-corrected chi connectivity index (χ1v) is 6.74. The minimum Gasteiger partial charge on any atom is -0.740 e. The van der Waals surface area contributed by atoms with E-state index in [1.165, 1.54) is 6.07 Å². The summed E-state index contributed by atoms with van der Waals surface area (Å²) in [5.41, 5.74) is 1.75. The molecule has 2 rings (SSSR count). The van der Waals surface area contributed by atoms with Gasteiger partial charge in [-0.15, -0.1) is 0 Å². The monoisotopic (exact) mass is 251 g/mol. The summed E-state index contributed by atoms with van der Waals surface area (Å²) in [5, 5.41) is 0.751. The van der Waals surface area contributed by atoms with Gasteiger partial charge in [-0.3, -0.25) is 0 Å². The Hall–Kier alpha value is -1.46. The fourth-order valence-corrected chi connectivity index (χ4v) is 2.80. The molecule has 0 aliphatic carbocycles. The van der Waals surface area contributed by atoms with E-state index in [1.54, 1.807) is 10.6 Å². The van der Waals surface area contributed by atoms with Crippen molar-refractivity contribution < 1.29 is 17.5 Å². The largest absolute Gasteiger partial charge is 0.740 e.